The van der Waals surface area contributed by atoms with Gasteiger partial charge in [0.25, 0.3) is 0 Å². The zero-order valence-corrected chi connectivity index (χ0v) is 13.8. The van der Waals surface area contributed by atoms with Crippen LogP contribution in [0.4, 0.5) is 5.69 Å². The third-order valence-corrected chi connectivity index (χ3v) is 3.99. The van der Waals surface area contributed by atoms with E-state index >= 15 is 0 Å². The van der Waals surface area contributed by atoms with Gasteiger partial charge in [0.1, 0.15) is 0 Å². The highest BCUT2D eigenvalue weighted by Crippen LogP contribution is 2.17. The van der Waals surface area contributed by atoms with E-state index in [1.807, 2.05) is 48.3 Å². The first-order valence-corrected chi connectivity index (χ1v) is 7.73. The minimum atomic E-state index is 0.714. The summed E-state index contributed by atoms with van der Waals surface area (Å²) in [5.41, 5.74) is 3.52. The Hall–Kier alpha value is -1.58. The second-order valence-corrected chi connectivity index (χ2v) is 5.75. The zero-order chi connectivity index (χ0) is 15.2. The van der Waals surface area contributed by atoms with Crippen molar-refractivity contribution >= 4 is 34.6 Å². The van der Waals surface area contributed by atoms with Gasteiger partial charge in [0.15, 0.2) is 5.11 Å². The lowest BCUT2D eigenvalue weighted by molar-refractivity contribution is 0.508. The predicted molar refractivity (Wildman–Crippen MR) is 95.0 cm³/mol. The average Bonchev–Trinajstić information content (AvgIpc) is 2.50. The van der Waals surface area contributed by atoms with E-state index in [9.17, 15) is 0 Å². The van der Waals surface area contributed by atoms with E-state index in [-0.39, 0.29) is 0 Å². The maximum atomic E-state index is 5.90. The Balaban J connectivity index is 2.01. The van der Waals surface area contributed by atoms with Crippen LogP contribution in [0.1, 0.15) is 18.1 Å². The lowest BCUT2D eigenvalue weighted by Gasteiger charge is -2.22. The van der Waals surface area contributed by atoms with Crippen molar-refractivity contribution in [1.29, 1.82) is 0 Å². The van der Waals surface area contributed by atoms with E-state index < -0.39 is 0 Å². The molecule has 1 N–H and O–H groups in total. The molecule has 0 aliphatic carbocycles. The smallest absolute Gasteiger partial charge is 0.173 e. The van der Waals surface area contributed by atoms with Crippen LogP contribution in [0.15, 0.2) is 48.5 Å². The number of thiocarbonyl (C=S) groups is 1. The third-order valence-electron chi connectivity index (χ3n) is 3.32. The molecule has 0 amide bonds. The lowest BCUT2D eigenvalue weighted by atomic mass is 10.1. The Morgan fingerprint density at radius 3 is 2.48 bits per heavy atom. The molecule has 4 heteroatoms. The number of halogens is 1. The normalized spacial score (nSPS) is 10.2. The third kappa shape index (κ3) is 4.45. The van der Waals surface area contributed by atoms with E-state index in [4.69, 9.17) is 23.8 Å². The Morgan fingerprint density at radius 1 is 1.14 bits per heavy atom. The summed E-state index contributed by atoms with van der Waals surface area (Å²) in [7, 11) is 1.98. The van der Waals surface area contributed by atoms with Crippen molar-refractivity contribution in [3.05, 3.63) is 64.7 Å². The van der Waals surface area contributed by atoms with Gasteiger partial charge >= 0.3 is 0 Å². The molecule has 21 heavy (non-hydrogen) atoms. The summed E-state index contributed by atoms with van der Waals surface area (Å²) in [6, 6.07) is 16.1. The molecule has 0 saturated heterocycles. The van der Waals surface area contributed by atoms with Gasteiger partial charge in [-0.25, -0.2) is 0 Å². The topological polar surface area (TPSA) is 15.3 Å². The van der Waals surface area contributed by atoms with E-state index in [0.717, 1.165) is 23.7 Å². The molecule has 0 fully saturated rings. The van der Waals surface area contributed by atoms with E-state index in [0.29, 0.717) is 5.11 Å². The molecule has 2 rings (SSSR count). The Morgan fingerprint density at radius 2 is 1.81 bits per heavy atom. The molecule has 0 radical (unpaired) electrons. The lowest BCUT2D eigenvalue weighted by Crippen LogP contribution is -2.30. The molecule has 0 heterocycles. The van der Waals surface area contributed by atoms with Gasteiger partial charge < -0.3 is 10.2 Å². The zero-order valence-electron chi connectivity index (χ0n) is 12.3. The van der Waals surface area contributed by atoms with Crippen LogP contribution in [0.5, 0.6) is 0 Å². The van der Waals surface area contributed by atoms with Gasteiger partial charge in [-0.15, -0.1) is 0 Å². The van der Waals surface area contributed by atoms with Gasteiger partial charge in [-0.1, -0.05) is 48.9 Å². The average molecular weight is 319 g/mol. The predicted octanol–water partition coefficient (Wildman–Crippen LogP) is 4.73. The molecule has 0 aliphatic rings. The fraction of sp³-hybridized carbons (Fsp3) is 0.235. The van der Waals surface area contributed by atoms with Gasteiger partial charge in [0.05, 0.1) is 0 Å². The summed E-state index contributed by atoms with van der Waals surface area (Å²) in [4.78, 5) is 2.02. The second kappa shape index (κ2) is 7.43. The summed E-state index contributed by atoms with van der Waals surface area (Å²) in [5.74, 6) is 0. The highest BCUT2D eigenvalue weighted by Gasteiger charge is 2.07. The number of hydrogen-bond acceptors (Lipinski definition) is 1. The number of rotatable bonds is 4. The molecule has 0 aromatic heterocycles. The van der Waals surface area contributed by atoms with E-state index in [2.05, 4.69) is 24.4 Å². The molecule has 0 atom stereocenters. The van der Waals surface area contributed by atoms with Gasteiger partial charge in [-0.3, -0.25) is 0 Å². The van der Waals surface area contributed by atoms with Crippen LogP contribution in [0, 0.1) is 0 Å². The highest BCUT2D eigenvalue weighted by atomic mass is 35.5. The van der Waals surface area contributed by atoms with Crippen molar-refractivity contribution < 1.29 is 0 Å². The van der Waals surface area contributed by atoms with Crippen molar-refractivity contribution in [2.24, 2.45) is 0 Å². The first-order valence-electron chi connectivity index (χ1n) is 6.94. The largest absolute Gasteiger partial charge is 0.348 e. The number of para-hydroxylation sites is 1. The molecule has 2 aromatic rings. The standard InChI is InChI=1S/C17H19ClN2S/c1-3-14-6-4-5-7-16(14)19-17(21)20(2)12-13-8-10-15(18)11-9-13/h4-11H,3,12H2,1-2H3,(H,19,21). The van der Waals surface area contributed by atoms with Gasteiger partial charge in [-0.2, -0.15) is 0 Å². The highest BCUT2D eigenvalue weighted by molar-refractivity contribution is 7.80. The SMILES string of the molecule is CCc1ccccc1NC(=S)N(C)Cc1ccc(Cl)cc1. The minimum Gasteiger partial charge on any atom is -0.348 e. The van der Waals surface area contributed by atoms with Crippen LogP contribution in [0.3, 0.4) is 0 Å². The molecule has 0 spiro atoms. The number of aryl methyl sites for hydroxylation is 1. The van der Waals surface area contributed by atoms with Gasteiger partial charge in [0, 0.05) is 24.3 Å². The van der Waals surface area contributed by atoms with Gasteiger partial charge in [0.2, 0.25) is 0 Å². The molecule has 2 aromatic carbocycles. The molecular weight excluding hydrogens is 300 g/mol. The maximum Gasteiger partial charge on any atom is 0.173 e. The maximum absolute atomic E-state index is 5.90. The number of nitrogens with one attached hydrogen (secondary N) is 1. The molecule has 0 unspecified atom stereocenters. The van der Waals surface area contributed by atoms with Crippen LogP contribution in [-0.4, -0.2) is 17.1 Å². The summed E-state index contributed by atoms with van der Waals surface area (Å²) < 4.78 is 0. The van der Waals surface area contributed by atoms with Gasteiger partial charge in [-0.05, 0) is 48.0 Å². The fourth-order valence-electron chi connectivity index (χ4n) is 2.10. The summed E-state index contributed by atoms with van der Waals surface area (Å²) >= 11 is 11.4. The van der Waals surface area contributed by atoms with Crippen LogP contribution in [-0.2, 0) is 13.0 Å². The van der Waals surface area contributed by atoms with Crippen molar-refractivity contribution in [2.75, 3.05) is 12.4 Å². The van der Waals surface area contributed by atoms with Crippen LogP contribution < -0.4 is 5.32 Å². The Kier molecular flexibility index (Phi) is 5.59. The minimum absolute atomic E-state index is 0.714. The second-order valence-electron chi connectivity index (χ2n) is 4.92. The summed E-state index contributed by atoms with van der Waals surface area (Å²) in [5, 5.41) is 4.79. The number of benzene rings is 2. The fourth-order valence-corrected chi connectivity index (χ4v) is 2.40. The molecule has 2 nitrogen and oxygen atoms in total. The molecular formula is C17H19ClN2S. The number of anilines is 1. The van der Waals surface area contributed by atoms with Crippen molar-refractivity contribution in [3.63, 3.8) is 0 Å². The van der Waals surface area contributed by atoms with E-state index in [1.165, 1.54) is 11.1 Å². The number of nitrogens with zero attached hydrogens (tertiary/aromatic N) is 1. The number of hydrogen-bond donors (Lipinski definition) is 1. The first-order chi connectivity index (χ1) is 10.1. The van der Waals surface area contributed by atoms with Crippen LogP contribution >= 0.6 is 23.8 Å². The molecule has 0 bridgehead atoms. The summed E-state index contributed by atoms with van der Waals surface area (Å²) in [6.45, 7) is 2.89. The van der Waals surface area contributed by atoms with Crippen molar-refractivity contribution in [1.82, 2.24) is 4.90 Å². The van der Waals surface area contributed by atoms with E-state index in [1.54, 1.807) is 0 Å². The Bertz CT molecular complexity index is 610. The summed E-state index contributed by atoms with van der Waals surface area (Å²) in [6.07, 6.45) is 0.979. The quantitative estimate of drug-likeness (QED) is 0.820. The van der Waals surface area contributed by atoms with Crippen molar-refractivity contribution in [3.8, 4) is 0 Å². The molecule has 0 aliphatic heterocycles. The van der Waals surface area contributed by atoms with Crippen LogP contribution in [0.25, 0.3) is 0 Å². The monoisotopic (exact) mass is 318 g/mol. The Labute approximate surface area is 136 Å². The molecule has 0 saturated carbocycles. The molecule has 110 valence electrons. The first kappa shape index (κ1) is 15.8. The van der Waals surface area contributed by atoms with Crippen LogP contribution in [0.2, 0.25) is 5.02 Å². The van der Waals surface area contributed by atoms with Crippen molar-refractivity contribution in [2.45, 2.75) is 19.9 Å².